The number of para-hydroxylation sites is 1. The van der Waals surface area contributed by atoms with E-state index < -0.39 is 5.97 Å². The van der Waals surface area contributed by atoms with Gasteiger partial charge in [0.2, 0.25) is 0 Å². The molecule has 16 heavy (non-hydrogen) atoms. The number of benzene rings is 1. The fraction of sp³-hybridized carbons (Fsp3) is 0.100. The van der Waals surface area contributed by atoms with Gasteiger partial charge in [-0.3, -0.25) is 0 Å². The molecule has 1 aromatic carbocycles. The normalized spacial score (nSPS) is 9.56. The SMILES string of the molecule is Cc1nn(-c2ccccc2)nc1C(=O)O.Cl. The smallest absolute Gasteiger partial charge is 0.358 e. The Bertz CT molecular complexity index is 496. The van der Waals surface area contributed by atoms with Gasteiger partial charge < -0.3 is 5.11 Å². The molecule has 0 fully saturated rings. The molecule has 1 N–H and O–H groups in total. The van der Waals surface area contributed by atoms with Crippen molar-refractivity contribution >= 4 is 18.4 Å². The van der Waals surface area contributed by atoms with Gasteiger partial charge in [-0.2, -0.15) is 9.90 Å². The van der Waals surface area contributed by atoms with E-state index in [0.717, 1.165) is 5.69 Å². The van der Waals surface area contributed by atoms with Crippen LogP contribution in [0.3, 0.4) is 0 Å². The number of aromatic carboxylic acids is 1. The number of aromatic nitrogens is 3. The van der Waals surface area contributed by atoms with Crippen LogP contribution < -0.4 is 0 Å². The lowest BCUT2D eigenvalue weighted by Crippen LogP contribution is -2.02. The minimum absolute atomic E-state index is 0. The number of carboxylic acid groups (broad SMARTS) is 1. The van der Waals surface area contributed by atoms with Crippen LogP contribution in [-0.2, 0) is 0 Å². The van der Waals surface area contributed by atoms with Gasteiger partial charge in [0.15, 0.2) is 5.69 Å². The van der Waals surface area contributed by atoms with Gasteiger partial charge in [-0.05, 0) is 19.1 Å². The number of halogens is 1. The quantitative estimate of drug-likeness (QED) is 0.866. The van der Waals surface area contributed by atoms with Gasteiger partial charge >= 0.3 is 5.97 Å². The van der Waals surface area contributed by atoms with Crippen LogP contribution >= 0.6 is 12.4 Å². The number of aryl methyl sites for hydroxylation is 1. The van der Waals surface area contributed by atoms with Crippen LogP contribution in [0.2, 0.25) is 0 Å². The first kappa shape index (κ1) is 12.2. The lowest BCUT2D eigenvalue weighted by Gasteiger charge is -1.96. The number of nitrogens with zero attached hydrogens (tertiary/aromatic N) is 3. The van der Waals surface area contributed by atoms with Gasteiger partial charge in [0, 0.05) is 0 Å². The monoisotopic (exact) mass is 239 g/mol. The molecule has 0 aliphatic carbocycles. The highest BCUT2D eigenvalue weighted by Gasteiger charge is 2.14. The van der Waals surface area contributed by atoms with E-state index in [9.17, 15) is 4.79 Å². The van der Waals surface area contributed by atoms with Gasteiger partial charge in [0.05, 0.1) is 11.4 Å². The van der Waals surface area contributed by atoms with E-state index in [1.54, 1.807) is 6.92 Å². The van der Waals surface area contributed by atoms with Gasteiger partial charge in [-0.15, -0.1) is 17.5 Å². The zero-order valence-electron chi connectivity index (χ0n) is 8.49. The Morgan fingerprint density at radius 1 is 1.25 bits per heavy atom. The second kappa shape index (κ2) is 4.76. The van der Waals surface area contributed by atoms with Crippen molar-refractivity contribution in [2.75, 3.05) is 0 Å². The van der Waals surface area contributed by atoms with Gasteiger partial charge in [0.1, 0.15) is 0 Å². The van der Waals surface area contributed by atoms with Crippen molar-refractivity contribution in [1.82, 2.24) is 15.0 Å². The minimum Gasteiger partial charge on any atom is -0.476 e. The van der Waals surface area contributed by atoms with Crippen molar-refractivity contribution in [2.24, 2.45) is 0 Å². The second-order valence-corrected chi connectivity index (χ2v) is 3.06. The standard InChI is InChI=1S/C10H9N3O2.ClH/c1-7-9(10(14)15)12-13(11-7)8-5-3-2-4-6-8;/h2-6H,1H3,(H,14,15);1H. The predicted octanol–water partition coefficient (Wildman–Crippen LogP) is 1.70. The highest BCUT2D eigenvalue weighted by molar-refractivity contribution is 5.86. The Balaban J connectivity index is 0.00000128. The van der Waals surface area contributed by atoms with Gasteiger partial charge in [-0.1, -0.05) is 18.2 Å². The lowest BCUT2D eigenvalue weighted by molar-refractivity contribution is 0.0689. The summed E-state index contributed by atoms with van der Waals surface area (Å²) in [5.74, 6) is -1.06. The highest BCUT2D eigenvalue weighted by atomic mass is 35.5. The Hall–Kier alpha value is -1.88. The minimum atomic E-state index is -1.06. The summed E-state index contributed by atoms with van der Waals surface area (Å²) in [6, 6.07) is 9.18. The molecule has 0 bridgehead atoms. The topological polar surface area (TPSA) is 68.0 Å². The Morgan fingerprint density at radius 3 is 2.38 bits per heavy atom. The summed E-state index contributed by atoms with van der Waals surface area (Å²) in [5.41, 5.74) is 1.14. The van der Waals surface area contributed by atoms with Crippen LogP contribution in [0.15, 0.2) is 30.3 Å². The Labute approximate surface area is 98.1 Å². The third-order valence-corrected chi connectivity index (χ3v) is 1.97. The number of hydrogen-bond donors (Lipinski definition) is 1. The van der Waals surface area contributed by atoms with Crippen molar-refractivity contribution in [1.29, 1.82) is 0 Å². The van der Waals surface area contributed by atoms with Crippen molar-refractivity contribution < 1.29 is 9.90 Å². The summed E-state index contributed by atoms with van der Waals surface area (Å²) < 4.78 is 0. The number of hydrogen-bond acceptors (Lipinski definition) is 3. The molecular formula is C10H10ClN3O2. The summed E-state index contributed by atoms with van der Waals surface area (Å²) >= 11 is 0. The van der Waals surface area contributed by atoms with E-state index in [1.807, 2.05) is 30.3 Å². The molecule has 0 spiro atoms. The molecule has 6 heteroatoms. The predicted molar refractivity (Wildman–Crippen MR) is 60.3 cm³/mol. The molecule has 0 amide bonds. The number of carboxylic acids is 1. The van der Waals surface area contributed by atoms with E-state index in [0.29, 0.717) is 5.69 Å². The average molecular weight is 240 g/mol. The van der Waals surface area contributed by atoms with E-state index in [4.69, 9.17) is 5.11 Å². The summed E-state index contributed by atoms with van der Waals surface area (Å²) in [7, 11) is 0. The molecule has 0 saturated carbocycles. The molecule has 2 aromatic rings. The van der Waals surface area contributed by atoms with Crippen LogP contribution in [-0.4, -0.2) is 26.1 Å². The summed E-state index contributed by atoms with van der Waals surface area (Å²) in [5, 5.41) is 16.7. The number of carbonyl (C=O) groups is 1. The molecule has 0 aliphatic heterocycles. The molecule has 0 radical (unpaired) electrons. The Kier molecular flexibility index (Phi) is 3.63. The molecule has 0 unspecified atom stereocenters. The fourth-order valence-corrected chi connectivity index (χ4v) is 1.25. The van der Waals surface area contributed by atoms with E-state index in [-0.39, 0.29) is 18.1 Å². The van der Waals surface area contributed by atoms with Crippen LogP contribution in [0.1, 0.15) is 16.2 Å². The van der Waals surface area contributed by atoms with Gasteiger partial charge in [-0.25, -0.2) is 4.79 Å². The maximum absolute atomic E-state index is 10.8. The fourth-order valence-electron chi connectivity index (χ4n) is 1.25. The average Bonchev–Trinajstić information content (AvgIpc) is 2.62. The van der Waals surface area contributed by atoms with E-state index in [2.05, 4.69) is 10.2 Å². The summed E-state index contributed by atoms with van der Waals surface area (Å²) in [6.45, 7) is 1.62. The highest BCUT2D eigenvalue weighted by Crippen LogP contribution is 2.07. The summed E-state index contributed by atoms with van der Waals surface area (Å²) in [6.07, 6.45) is 0. The van der Waals surface area contributed by atoms with Crippen LogP contribution in [0.25, 0.3) is 5.69 Å². The van der Waals surface area contributed by atoms with Crippen LogP contribution in [0, 0.1) is 6.92 Å². The molecule has 84 valence electrons. The van der Waals surface area contributed by atoms with E-state index >= 15 is 0 Å². The largest absolute Gasteiger partial charge is 0.476 e. The molecule has 2 rings (SSSR count). The molecular weight excluding hydrogens is 230 g/mol. The maximum Gasteiger partial charge on any atom is 0.358 e. The molecule has 0 atom stereocenters. The van der Waals surface area contributed by atoms with E-state index in [1.165, 1.54) is 4.80 Å². The van der Waals surface area contributed by atoms with Crippen molar-refractivity contribution in [3.05, 3.63) is 41.7 Å². The molecule has 1 aromatic heterocycles. The third kappa shape index (κ3) is 2.20. The number of rotatable bonds is 2. The molecule has 0 saturated heterocycles. The first-order valence-corrected chi connectivity index (χ1v) is 4.41. The van der Waals surface area contributed by atoms with Crippen LogP contribution in [0.4, 0.5) is 0 Å². The van der Waals surface area contributed by atoms with Crippen LogP contribution in [0.5, 0.6) is 0 Å². The van der Waals surface area contributed by atoms with Crippen molar-refractivity contribution in [2.45, 2.75) is 6.92 Å². The maximum atomic E-state index is 10.8. The van der Waals surface area contributed by atoms with Gasteiger partial charge in [0.25, 0.3) is 0 Å². The summed E-state index contributed by atoms with van der Waals surface area (Å²) in [4.78, 5) is 12.1. The zero-order valence-corrected chi connectivity index (χ0v) is 9.31. The zero-order chi connectivity index (χ0) is 10.8. The molecule has 1 heterocycles. The second-order valence-electron chi connectivity index (χ2n) is 3.06. The molecule has 0 aliphatic rings. The third-order valence-electron chi connectivity index (χ3n) is 1.97. The van der Waals surface area contributed by atoms with Crippen molar-refractivity contribution in [3.63, 3.8) is 0 Å². The Morgan fingerprint density at radius 2 is 1.88 bits per heavy atom. The lowest BCUT2D eigenvalue weighted by atomic mass is 10.3. The molecule has 5 nitrogen and oxygen atoms in total. The first-order chi connectivity index (χ1) is 7.18. The van der Waals surface area contributed by atoms with Crippen molar-refractivity contribution in [3.8, 4) is 5.69 Å². The first-order valence-electron chi connectivity index (χ1n) is 4.41.